The Balaban J connectivity index is 2.04. The van der Waals surface area contributed by atoms with Gasteiger partial charge < -0.3 is 5.11 Å². The van der Waals surface area contributed by atoms with Gasteiger partial charge in [0.2, 0.25) is 0 Å². The summed E-state index contributed by atoms with van der Waals surface area (Å²) in [4.78, 5) is 13.8. The fourth-order valence-corrected chi connectivity index (χ4v) is 2.94. The molecular formula is C15H25N3O2. The fourth-order valence-electron chi connectivity index (χ4n) is 2.94. The summed E-state index contributed by atoms with van der Waals surface area (Å²) >= 11 is 0. The highest BCUT2D eigenvalue weighted by atomic mass is 16.4. The molecule has 5 nitrogen and oxygen atoms in total. The fraction of sp³-hybridized carbons (Fsp3) is 0.733. The van der Waals surface area contributed by atoms with Crippen molar-refractivity contribution in [3.05, 3.63) is 18.0 Å². The third-order valence-electron chi connectivity index (χ3n) is 4.50. The molecule has 0 aromatic carbocycles. The molecule has 2 rings (SSSR count). The van der Waals surface area contributed by atoms with E-state index in [0.29, 0.717) is 12.6 Å². The Morgan fingerprint density at radius 3 is 2.60 bits per heavy atom. The molecule has 0 amide bonds. The lowest BCUT2D eigenvalue weighted by Gasteiger charge is -2.28. The number of carboxylic acid groups (broad SMARTS) is 1. The van der Waals surface area contributed by atoms with Gasteiger partial charge in [0.25, 0.3) is 0 Å². The van der Waals surface area contributed by atoms with Gasteiger partial charge in [-0.2, -0.15) is 5.10 Å². The van der Waals surface area contributed by atoms with E-state index in [9.17, 15) is 9.90 Å². The highest BCUT2D eigenvalue weighted by Crippen LogP contribution is 2.38. The van der Waals surface area contributed by atoms with Gasteiger partial charge in [-0.3, -0.25) is 14.4 Å². The quantitative estimate of drug-likeness (QED) is 0.899. The minimum Gasteiger partial charge on any atom is -0.481 e. The van der Waals surface area contributed by atoms with Crippen LogP contribution in [0.1, 0.15) is 45.7 Å². The zero-order valence-electron chi connectivity index (χ0n) is 12.8. The van der Waals surface area contributed by atoms with Gasteiger partial charge in [0.15, 0.2) is 0 Å². The van der Waals surface area contributed by atoms with Crippen LogP contribution in [0.3, 0.4) is 0 Å². The number of hydrogen-bond acceptors (Lipinski definition) is 3. The number of rotatable bonds is 5. The molecule has 1 aromatic heterocycles. The summed E-state index contributed by atoms with van der Waals surface area (Å²) in [5.41, 5.74) is 0.567. The van der Waals surface area contributed by atoms with E-state index in [2.05, 4.69) is 30.0 Å². The van der Waals surface area contributed by atoms with E-state index in [1.165, 1.54) is 0 Å². The van der Waals surface area contributed by atoms with Crippen molar-refractivity contribution in [1.82, 2.24) is 14.7 Å². The Morgan fingerprint density at radius 2 is 2.15 bits per heavy atom. The molecule has 5 heteroatoms. The summed E-state index contributed by atoms with van der Waals surface area (Å²) in [5, 5.41) is 13.9. The Morgan fingerprint density at radius 1 is 1.45 bits per heavy atom. The zero-order valence-corrected chi connectivity index (χ0v) is 12.8. The molecule has 1 aliphatic rings. The van der Waals surface area contributed by atoms with Crippen LogP contribution < -0.4 is 0 Å². The lowest BCUT2D eigenvalue weighted by molar-refractivity contribution is -0.151. The number of carboxylic acids is 1. The number of hydrogen-bond donors (Lipinski definition) is 1. The van der Waals surface area contributed by atoms with Gasteiger partial charge in [0, 0.05) is 30.9 Å². The van der Waals surface area contributed by atoms with E-state index in [1.54, 1.807) is 0 Å². The van der Waals surface area contributed by atoms with Crippen LogP contribution in [0, 0.1) is 11.3 Å². The van der Waals surface area contributed by atoms with Crippen LogP contribution in [0.2, 0.25) is 0 Å². The highest BCUT2D eigenvalue weighted by Gasteiger charge is 2.47. The molecule has 1 aliphatic heterocycles. The minimum absolute atomic E-state index is 0.156. The van der Waals surface area contributed by atoms with Crippen molar-refractivity contribution in [3.63, 3.8) is 0 Å². The zero-order chi connectivity index (χ0) is 14.9. The van der Waals surface area contributed by atoms with Gasteiger partial charge in [0.05, 0.1) is 11.6 Å². The summed E-state index contributed by atoms with van der Waals surface area (Å²) in [6.45, 7) is 10.5. The first-order valence-corrected chi connectivity index (χ1v) is 7.34. The summed E-state index contributed by atoms with van der Waals surface area (Å²) in [6, 6.07) is 0.358. The lowest BCUT2D eigenvalue weighted by Crippen LogP contribution is -2.39. The first-order valence-electron chi connectivity index (χ1n) is 7.34. The SMILES string of the molecule is CC(C)n1cc(CN2CCC(C(=O)O)(C(C)C)C2)cn1. The summed E-state index contributed by atoms with van der Waals surface area (Å²) in [5.74, 6) is -0.503. The van der Waals surface area contributed by atoms with Gasteiger partial charge in [-0.05, 0) is 32.7 Å². The summed E-state index contributed by atoms with van der Waals surface area (Å²) in [7, 11) is 0. The van der Waals surface area contributed by atoms with Crippen molar-refractivity contribution in [1.29, 1.82) is 0 Å². The van der Waals surface area contributed by atoms with Crippen molar-refractivity contribution in [3.8, 4) is 0 Å². The second kappa shape index (κ2) is 5.56. The Bertz CT molecular complexity index is 481. The predicted molar refractivity (Wildman–Crippen MR) is 77.4 cm³/mol. The molecule has 1 saturated heterocycles. The molecule has 1 unspecified atom stereocenters. The Kier molecular flexibility index (Phi) is 4.18. The average Bonchev–Trinajstić information content (AvgIpc) is 2.96. The van der Waals surface area contributed by atoms with Crippen LogP contribution in [0.5, 0.6) is 0 Å². The van der Waals surface area contributed by atoms with E-state index < -0.39 is 11.4 Å². The maximum atomic E-state index is 11.6. The predicted octanol–water partition coefficient (Wildman–Crippen LogP) is 2.40. The summed E-state index contributed by atoms with van der Waals surface area (Å²) in [6.07, 6.45) is 4.68. The number of aliphatic carboxylic acids is 1. The second-order valence-corrected chi connectivity index (χ2v) is 6.50. The van der Waals surface area contributed by atoms with E-state index in [4.69, 9.17) is 0 Å². The first kappa shape index (κ1) is 15.0. The molecule has 1 N–H and O–H groups in total. The number of aromatic nitrogens is 2. The van der Waals surface area contributed by atoms with E-state index >= 15 is 0 Å². The third-order valence-corrected chi connectivity index (χ3v) is 4.50. The minimum atomic E-state index is -0.659. The lowest BCUT2D eigenvalue weighted by atomic mass is 9.76. The van der Waals surface area contributed by atoms with Crippen molar-refractivity contribution in [2.45, 2.75) is 46.7 Å². The largest absolute Gasteiger partial charge is 0.481 e. The van der Waals surface area contributed by atoms with Crippen LogP contribution in [0.4, 0.5) is 0 Å². The van der Waals surface area contributed by atoms with Gasteiger partial charge in [-0.25, -0.2) is 0 Å². The number of likely N-dealkylation sites (tertiary alicyclic amines) is 1. The Labute approximate surface area is 120 Å². The number of nitrogens with zero attached hydrogens (tertiary/aromatic N) is 3. The van der Waals surface area contributed by atoms with Crippen LogP contribution in [-0.2, 0) is 11.3 Å². The van der Waals surface area contributed by atoms with Crippen LogP contribution in [0.25, 0.3) is 0 Å². The van der Waals surface area contributed by atoms with E-state index in [1.807, 2.05) is 24.7 Å². The molecule has 0 bridgehead atoms. The molecule has 0 radical (unpaired) electrons. The third kappa shape index (κ3) is 2.73. The van der Waals surface area contributed by atoms with Gasteiger partial charge in [-0.1, -0.05) is 13.8 Å². The van der Waals surface area contributed by atoms with E-state index in [0.717, 1.165) is 25.1 Å². The highest BCUT2D eigenvalue weighted by molar-refractivity contribution is 5.75. The molecule has 112 valence electrons. The van der Waals surface area contributed by atoms with Gasteiger partial charge in [0.1, 0.15) is 0 Å². The van der Waals surface area contributed by atoms with Crippen LogP contribution >= 0.6 is 0 Å². The molecule has 2 heterocycles. The maximum Gasteiger partial charge on any atom is 0.311 e. The molecule has 1 fully saturated rings. The molecule has 1 atom stereocenters. The van der Waals surface area contributed by atoms with E-state index in [-0.39, 0.29) is 5.92 Å². The molecule has 20 heavy (non-hydrogen) atoms. The van der Waals surface area contributed by atoms with Crippen molar-refractivity contribution < 1.29 is 9.90 Å². The topological polar surface area (TPSA) is 58.4 Å². The number of carbonyl (C=O) groups is 1. The van der Waals surface area contributed by atoms with Crippen LogP contribution in [0.15, 0.2) is 12.4 Å². The van der Waals surface area contributed by atoms with Crippen LogP contribution in [-0.4, -0.2) is 38.8 Å². The van der Waals surface area contributed by atoms with Crippen molar-refractivity contribution >= 4 is 5.97 Å². The molecule has 0 saturated carbocycles. The smallest absolute Gasteiger partial charge is 0.311 e. The molecule has 1 aromatic rings. The normalized spacial score (nSPS) is 23.9. The molecular weight excluding hydrogens is 254 g/mol. The van der Waals surface area contributed by atoms with Gasteiger partial charge in [-0.15, -0.1) is 0 Å². The van der Waals surface area contributed by atoms with Gasteiger partial charge >= 0.3 is 5.97 Å². The standard InChI is InChI=1S/C15H25N3O2/c1-11(2)15(14(19)20)5-6-17(10-15)8-13-7-16-18(9-13)12(3)4/h7,9,11-12H,5-6,8,10H2,1-4H3,(H,19,20). The van der Waals surface area contributed by atoms with Crippen molar-refractivity contribution in [2.75, 3.05) is 13.1 Å². The average molecular weight is 279 g/mol. The van der Waals surface area contributed by atoms with Crippen molar-refractivity contribution in [2.24, 2.45) is 11.3 Å². The monoisotopic (exact) mass is 279 g/mol. The molecule has 0 aliphatic carbocycles. The first-order chi connectivity index (χ1) is 9.35. The Hall–Kier alpha value is -1.36. The maximum absolute atomic E-state index is 11.6. The molecule has 0 spiro atoms. The second-order valence-electron chi connectivity index (χ2n) is 6.50. The summed E-state index contributed by atoms with van der Waals surface area (Å²) < 4.78 is 1.94.